The maximum absolute atomic E-state index is 9.99. The van der Waals surface area contributed by atoms with Gasteiger partial charge < -0.3 is 15.5 Å². The molecule has 1 aromatic rings. The van der Waals surface area contributed by atoms with E-state index in [1.165, 1.54) is 0 Å². The highest BCUT2D eigenvalue weighted by Crippen LogP contribution is 2.13. The molecule has 1 aromatic carbocycles. The molecule has 0 heterocycles. The fraction of sp³-hybridized carbons (Fsp3) is 0.500. The van der Waals surface area contributed by atoms with Gasteiger partial charge in [-0.2, -0.15) is 5.26 Å². The van der Waals surface area contributed by atoms with Crippen molar-refractivity contribution in [3.05, 3.63) is 35.4 Å². The largest absolute Gasteiger partial charge is 0.396 e. The van der Waals surface area contributed by atoms with Crippen LogP contribution in [-0.4, -0.2) is 29.4 Å². The van der Waals surface area contributed by atoms with Gasteiger partial charge in [0.05, 0.1) is 17.7 Å². The number of aliphatic hydroxyl groups is 2. The number of aliphatic hydroxyl groups excluding tert-OH is 2. The van der Waals surface area contributed by atoms with Crippen molar-refractivity contribution in [2.75, 3.05) is 13.2 Å². The number of rotatable bonds is 7. The van der Waals surface area contributed by atoms with Crippen molar-refractivity contribution < 1.29 is 10.2 Å². The van der Waals surface area contributed by atoms with Crippen LogP contribution in [0.25, 0.3) is 0 Å². The maximum Gasteiger partial charge on any atom is 0.0991 e. The average molecular weight is 248 g/mol. The van der Waals surface area contributed by atoms with E-state index < -0.39 is 6.10 Å². The Kier molecular flexibility index (Phi) is 6.37. The highest BCUT2D eigenvalue weighted by Gasteiger charge is 2.10. The Balaban J connectivity index is 2.49. The molecule has 2 atom stereocenters. The SMILES string of the molecule is CCC(CCO)NCC(O)c1ccc(C#N)cc1. The van der Waals surface area contributed by atoms with Gasteiger partial charge in [0.15, 0.2) is 0 Å². The summed E-state index contributed by atoms with van der Waals surface area (Å²) in [6.07, 6.45) is 1.02. The number of benzene rings is 1. The Morgan fingerprint density at radius 2 is 2.00 bits per heavy atom. The second-order valence-corrected chi connectivity index (χ2v) is 4.28. The van der Waals surface area contributed by atoms with Crippen LogP contribution in [0.4, 0.5) is 0 Å². The summed E-state index contributed by atoms with van der Waals surface area (Å²) in [5.74, 6) is 0. The van der Waals surface area contributed by atoms with Crippen LogP contribution in [0.2, 0.25) is 0 Å². The molecule has 0 aliphatic rings. The van der Waals surface area contributed by atoms with Crippen LogP contribution in [-0.2, 0) is 0 Å². The van der Waals surface area contributed by atoms with E-state index in [-0.39, 0.29) is 12.6 Å². The van der Waals surface area contributed by atoms with Crippen molar-refractivity contribution in [2.45, 2.75) is 31.9 Å². The molecular weight excluding hydrogens is 228 g/mol. The first kappa shape index (κ1) is 14.7. The van der Waals surface area contributed by atoms with E-state index in [1.54, 1.807) is 24.3 Å². The fourth-order valence-corrected chi connectivity index (χ4v) is 1.78. The second-order valence-electron chi connectivity index (χ2n) is 4.28. The van der Waals surface area contributed by atoms with Crippen molar-refractivity contribution in [1.29, 1.82) is 5.26 Å². The van der Waals surface area contributed by atoms with E-state index in [0.717, 1.165) is 12.0 Å². The Morgan fingerprint density at radius 3 is 2.50 bits per heavy atom. The molecule has 0 saturated heterocycles. The summed E-state index contributed by atoms with van der Waals surface area (Å²) in [5, 5.41) is 30.8. The summed E-state index contributed by atoms with van der Waals surface area (Å²) in [7, 11) is 0. The van der Waals surface area contributed by atoms with Crippen LogP contribution in [0, 0.1) is 11.3 Å². The molecule has 0 bridgehead atoms. The molecule has 4 nitrogen and oxygen atoms in total. The molecule has 18 heavy (non-hydrogen) atoms. The molecule has 3 N–H and O–H groups in total. The summed E-state index contributed by atoms with van der Waals surface area (Å²) in [6, 6.07) is 9.19. The highest BCUT2D eigenvalue weighted by molar-refractivity contribution is 5.32. The number of hydrogen-bond acceptors (Lipinski definition) is 4. The highest BCUT2D eigenvalue weighted by atomic mass is 16.3. The summed E-state index contributed by atoms with van der Waals surface area (Å²) < 4.78 is 0. The van der Waals surface area contributed by atoms with Crippen LogP contribution >= 0.6 is 0 Å². The lowest BCUT2D eigenvalue weighted by Gasteiger charge is -2.18. The minimum absolute atomic E-state index is 0.151. The minimum Gasteiger partial charge on any atom is -0.396 e. The number of nitriles is 1. The number of nitrogens with one attached hydrogen (secondary N) is 1. The quantitative estimate of drug-likeness (QED) is 0.680. The summed E-state index contributed by atoms with van der Waals surface area (Å²) >= 11 is 0. The molecule has 1 rings (SSSR count). The van der Waals surface area contributed by atoms with E-state index in [9.17, 15) is 5.11 Å². The monoisotopic (exact) mass is 248 g/mol. The third-order valence-corrected chi connectivity index (χ3v) is 2.99. The lowest BCUT2D eigenvalue weighted by atomic mass is 10.1. The van der Waals surface area contributed by atoms with E-state index in [1.807, 2.05) is 13.0 Å². The Labute approximate surface area is 108 Å². The molecule has 98 valence electrons. The maximum atomic E-state index is 9.99. The molecule has 0 saturated carbocycles. The molecule has 0 amide bonds. The van der Waals surface area contributed by atoms with Gasteiger partial charge in [0.1, 0.15) is 0 Å². The van der Waals surface area contributed by atoms with Crippen molar-refractivity contribution in [3.8, 4) is 6.07 Å². The standard InChI is InChI=1S/C14H20N2O2/c1-2-13(7-8-17)16-10-14(18)12-5-3-11(9-15)4-6-12/h3-6,13-14,16-18H,2,7-8,10H2,1H3. The first-order valence-corrected chi connectivity index (χ1v) is 6.23. The first-order valence-electron chi connectivity index (χ1n) is 6.23. The molecule has 2 unspecified atom stereocenters. The normalized spacial score (nSPS) is 13.9. The molecule has 0 fully saturated rings. The van der Waals surface area contributed by atoms with Crippen LogP contribution < -0.4 is 5.32 Å². The van der Waals surface area contributed by atoms with Crippen molar-refractivity contribution in [2.24, 2.45) is 0 Å². The Hall–Kier alpha value is -1.41. The smallest absolute Gasteiger partial charge is 0.0991 e. The zero-order valence-electron chi connectivity index (χ0n) is 10.6. The predicted octanol–water partition coefficient (Wildman–Crippen LogP) is 1.34. The van der Waals surface area contributed by atoms with E-state index >= 15 is 0 Å². The Morgan fingerprint density at radius 1 is 1.33 bits per heavy atom. The number of nitrogens with zero attached hydrogens (tertiary/aromatic N) is 1. The zero-order valence-corrected chi connectivity index (χ0v) is 10.6. The van der Waals surface area contributed by atoms with E-state index in [0.29, 0.717) is 18.5 Å². The topological polar surface area (TPSA) is 76.3 Å². The average Bonchev–Trinajstić information content (AvgIpc) is 2.43. The minimum atomic E-state index is -0.592. The van der Waals surface area contributed by atoms with Gasteiger partial charge in [-0.05, 0) is 30.5 Å². The summed E-state index contributed by atoms with van der Waals surface area (Å²) in [4.78, 5) is 0. The van der Waals surface area contributed by atoms with Gasteiger partial charge >= 0.3 is 0 Å². The van der Waals surface area contributed by atoms with Gasteiger partial charge in [-0.15, -0.1) is 0 Å². The summed E-state index contributed by atoms with van der Waals surface area (Å²) in [5.41, 5.74) is 1.38. The third kappa shape index (κ3) is 4.46. The van der Waals surface area contributed by atoms with Gasteiger partial charge in [-0.1, -0.05) is 19.1 Å². The lowest BCUT2D eigenvalue weighted by molar-refractivity contribution is 0.164. The lowest BCUT2D eigenvalue weighted by Crippen LogP contribution is -2.33. The first-order chi connectivity index (χ1) is 8.71. The van der Waals surface area contributed by atoms with Gasteiger partial charge in [-0.25, -0.2) is 0 Å². The molecule has 4 heteroatoms. The molecule has 0 aromatic heterocycles. The molecular formula is C14H20N2O2. The zero-order chi connectivity index (χ0) is 13.4. The fourth-order valence-electron chi connectivity index (χ4n) is 1.78. The van der Waals surface area contributed by atoms with Gasteiger partial charge in [-0.3, -0.25) is 0 Å². The van der Waals surface area contributed by atoms with E-state index in [2.05, 4.69) is 5.32 Å². The second kappa shape index (κ2) is 7.83. The van der Waals surface area contributed by atoms with Crippen molar-refractivity contribution in [1.82, 2.24) is 5.32 Å². The van der Waals surface area contributed by atoms with Crippen molar-refractivity contribution >= 4 is 0 Å². The van der Waals surface area contributed by atoms with Crippen LogP contribution in [0.1, 0.15) is 37.0 Å². The van der Waals surface area contributed by atoms with Crippen LogP contribution in [0.5, 0.6) is 0 Å². The molecule has 0 aliphatic heterocycles. The Bertz CT molecular complexity index is 384. The van der Waals surface area contributed by atoms with Crippen LogP contribution in [0.3, 0.4) is 0 Å². The van der Waals surface area contributed by atoms with Crippen molar-refractivity contribution in [3.63, 3.8) is 0 Å². The van der Waals surface area contributed by atoms with Crippen LogP contribution in [0.15, 0.2) is 24.3 Å². The van der Waals surface area contributed by atoms with E-state index in [4.69, 9.17) is 10.4 Å². The van der Waals surface area contributed by atoms with Gasteiger partial charge in [0, 0.05) is 19.2 Å². The molecule has 0 radical (unpaired) electrons. The predicted molar refractivity (Wildman–Crippen MR) is 69.9 cm³/mol. The molecule has 0 spiro atoms. The third-order valence-electron chi connectivity index (χ3n) is 2.99. The summed E-state index contributed by atoms with van der Waals surface area (Å²) in [6.45, 7) is 2.64. The van der Waals surface area contributed by atoms with Gasteiger partial charge in [0.25, 0.3) is 0 Å². The molecule has 0 aliphatic carbocycles. The number of hydrogen-bond donors (Lipinski definition) is 3. The van der Waals surface area contributed by atoms with Gasteiger partial charge in [0.2, 0.25) is 0 Å².